The molecule has 0 aromatic carbocycles. The maximum absolute atomic E-state index is 12.6. The van der Waals surface area contributed by atoms with E-state index in [4.69, 9.17) is 31.4 Å². The average molecular weight is 855 g/mol. The first kappa shape index (κ1) is 50.6. The number of amides is 3. The minimum absolute atomic E-state index is 0.0295. The highest BCUT2D eigenvalue weighted by atomic mass is 32.2. The van der Waals surface area contributed by atoms with Gasteiger partial charge in [-0.05, 0) is 43.3 Å². The van der Waals surface area contributed by atoms with E-state index in [-0.39, 0.29) is 50.6 Å². The molecule has 0 unspecified atom stereocenters. The topological polar surface area (TPSA) is 355 Å². The van der Waals surface area contributed by atoms with Crippen LogP contribution in [0, 0.1) is 11.3 Å². The molecule has 21 heteroatoms. The fourth-order valence-corrected chi connectivity index (χ4v) is 8.08. The maximum Gasteiger partial charge on any atom is 0.249 e. The first-order chi connectivity index (χ1) is 27.3. The van der Waals surface area contributed by atoms with Crippen molar-refractivity contribution in [2.24, 2.45) is 28.5 Å². The molecule has 2 aliphatic carbocycles. The lowest BCUT2D eigenvalue weighted by atomic mass is 9.79. The number of thioether (sulfide) groups is 1. The maximum atomic E-state index is 12.6. The summed E-state index contributed by atoms with van der Waals surface area (Å²) >= 11 is 1.66. The molecule has 0 bridgehead atoms. The highest BCUT2D eigenvalue weighted by molar-refractivity contribution is 7.99. The summed E-state index contributed by atoms with van der Waals surface area (Å²) in [6, 6.07) is -2.83. The zero-order chi connectivity index (χ0) is 43.3. The molecule has 0 aromatic rings. The van der Waals surface area contributed by atoms with Gasteiger partial charge in [0.15, 0.2) is 6.29 Å². The first-order valence-corrected chi connectivity index (χ1v) is 21.5. The van der Waals surface area contributed by atoms with Gasteiger partial charge in [0.25, 0.3) is 0 Å². The number of carbonyl (C=O) groups excluding carboxylic acids is 3. The monoisotopic (exact) mass is 854 g/mol. The van der Waals surface area contributed by atoms with E-state index in [9.17, 15) is 55.2 Å². The summed E-state index contributed by atoms with van der Waals surface area (Å²) in [5.74, 6) is -0.168. The number of hydrogen-bond donors (Lipinski definition) is 14. The Morgan fingerprint density at radius 1 is 0.776 bits per heavy atom. The van der Waals surface area contributed by atoms with E-state index in [1.165, 1.54) is 0 Å². The zero-order valence-electron chi connectivity index (χ0n) is 33.8. The van der Waals surface area contributed by atoms with Crippen molar-refractivity contribution in [3.63, 3.8) is 0 Å². The molecular weight excluding hydrogens is 785 g/mol. The summed E-state index contributed by atoms with van der Waals surface area (Å²) in [6.07, 6.45) is -13.2. The first-order valence-electron chi connectivity index (χ1n) is 20.3. The number of carbonyl (C=O) groups is 3. The summed E-state index contributed by atoms with van der Waals surface area (Å²) in [5, 5.41) is 92.1. The number of unbranched alkanes of at least 4 members (excludes halogenated alkanes) is 2. The molecule has 0 spiro atoms. The molecule has 3 amide bonds. The van der Waals surface area contributed by atoms with Crippen LogP contribution in [0.2, 0.25) is 0 Å². The van der Waals surface area contributed by atoms with E-state index in [0.29, 0.717) is 25.1 Å². The Morgan fingerprint density at radius 3 is 2.09 bits per heavy atom. The van der Waals surface area contributed by atoms with Crippen LogP contribution in [0.25, 0.3) is 0 Å². The molecule has 58 heavy (non-hydrogen) atoms. The molecule has 17 N–H and O–H groups in total. The number of aliphatic hydroxyl groups excluding tert-OH is 8. The highest BCUT2D eigenvalue weighted by Gasteiger charge is 2.51. The lowest BCUT2D eigenvalue weighted by Gasteiger charge is -2.48. The van der Waals surface area contributed by atoms with Crippen LogP contribution < -0.4 is 33.2 Å². The van der Waals surface area contributed by atoms with E-state index in [1.54, 1.807) is 25.6 Å². The van der Waals surface area contributed by atoms with Crippen LogP contribution in [0.5, 0.6) is 0 Å². The van der Waals surface area contributed by atoms with Crippen molar-refractivity contribution in [1.82, 2.24) is 16.0 Å². The van der Waals surface area contributed by atoms with Crippen LogP contribution in [0.1, 0.15) is 72.1 Å². The standard InChI is InChI=1S/C37H70N6O14S/c1-4-37(2,3)34(53)35(54)42-10-9-24(46)41-11-13-58-12-7-5-6-8-23(45)43-16-22-28(49)29(50)30(51)36(56-22)57-33-20(39)15-19(38)32(31(33)52)55-21-14-18(17-44)26(47)25(40)27(21)48/h18-22,25-34,36,44,47-53H,4-17,38-40H2,1-3H3,(H,41,46)(H,42,54)(H,43,45)/t18-,19-,20+,21+,22-,25+,26-,27+,28-,29+,30-,31-,32+,33-,34+,36-/m1/s1. The van der Waals surface area contributed by atoms with Crippen LogP contribution in [-0.4, -0.2) is 188 Å². The van der Waals surface area contributed by atoms with Gasteiger partial charge in [-0.1, -0.05) is 27.2 Å². The molecule has 3 rings (SSSR count). The predicted octanol–water partition coefficient (Wildman–Crippen LogP) is -4.76. The largest absolute Gasteiger partial charge is 0.396 e. The third kappa shape index (κ3) is 14.1. The van der Waals surface area contributed by atoms with Gasteiger partial charge in [0.2, 0.25) is 17.7 Å². The fourth-order valence-electron chi connectivity index (χ4n) is 7.22. The van der Waals surface area contributed by atoms with Crippen molar-refractivity contribution in [1.29, 1.82) is 0 Å². The Bertz CT molecular complexity index is 1280. The van der Waals surface area contributed by atoms with Gasteiger partial charge in [0.05, 0.1) is 24.4 Å². The van der Waals surface area contributed by atoms with Gasteiger partial charge < -0.3 is 88.2 Å². The van der Waals surface area contributed by atoms with E-state index in [1.807, 2.05) is 6.92 Å². The van der Waals surface area contributed by atoms with Gasteiger partial charge in [0.1, 0.15) is 48.8 Å². The number of hydrogen-bond acceptors (Lipinski definition) is 18. The normalized spacial score (nSPS) is 36.2. The van der Waals surface area contributed by atoms with Gasteiger partial charge in [0, 0.05) is 62.8 Å². The van der Waals surface area contributed by atoms with Crippen LogP contribution in [0.4, 0.5) is 0 Å². The van der Waals surface area contributed by atoms with E-state index >= 15 is 0 Å². The number of aliphatic hydroxyl groups is 8. The average Bonchev–Trinajstić information content (AvgIpc) is 3.19. The quantitative estimate of drug-likeness (QED) is 0.0455. The predicted molar refractivity (Wildman–Crippen MR) is 211 cm³/mol. The molecule has 1 aliphatic heterocycles. The molecule has 1 heterocycles. The second-order valence-electron chi connectivity index (χ2n) is 16.4. The zero-order valence-corrected chi connectivity index (χ0v) is 34.6. The summed E-state index contributed by atoms with van der Waals surface area (Å²) in [5.41, 5.74) is 17.9. The van der Waals surface area contributed by atoms with Crippen molar-refractivity contribution in [3.05, 3.63) is 0 Å². The Hall–Kier alpha value is -1.80. The van der Waals surface area contributed by atoms with Crippen LogP contribution in [0.3, 0.4) is 0 Å². The summed E-state index contributed by atoms with van der Waals surface area (Å²) in [4.78, 5) is 36.7. The lowest BCUT2D eigenvalue weighted by Crippen LogP contribution is -2.68. The molecule has 0 radical (unpaired) electrons. The third-order valence-corrected chi connectivity index (χ3v) is 12.7. The molecule has 2 saturated carbocycles. The van der Waals surface area contributed by atoms with Crippen molar-refractivity contribution in [3.8, 4) is 0 Å². The molecule has 16 atom stereocenters. The van der Waals surface area contributed by atoms with Gasteiger partial charge in [-0.15, -0.1) is 0 Å². The number of ether oxygens (including phenoxy) is 3. The number of nitrogens with one attached hydrogen (secondary N) is 3. The SMILES string of the molecule is CCC(C)(C)[C@@H](O)C(=O)NCCC(=O)NCCSCCCCCC(=O)NC[C@H]1O[C@H](O[C@H]2[C@H](O)[C@@H](O[C@H]3C[C@H](CO)[C@@H](O)[C@H](N)[C@H]3O)[C@H](N)C[C@@H]2N)[C@H](O)[C@@H](O)[C@@H]1O. The van der Waals surface area contributed by atoms with Gasteiger partial charge in [-0.3, -0.25) is 14.4 Å². The molecule has 20 nitrogen and oxygen atoms in total. The molecule has 338 valence electrons. The Balaban J connectivity index is 1.35. The number of nitrogens with two attached hydrogens (primary N) is 3. The lowest BCUT2D eigenvalue weighted by molar-refractivity contribution is -0.321. The van der Waals surface area contributed by atoms with Gasteiger partial charge >= 0.3 is 0 Å². The second kappa shape index (κ2) is 24.0. The number of rotatable bonds is 22. The summed E-state index contributed by atoms with van der Waals surface area (Å²) in [7, 11) is 0. The second-order valence-corrected chi connectivity index (χ2v) is 17.6. The van der Waals surface area contributed by atoms with Gasteiger partial charge in [-0.25, -0.2) is 0 Å². The Labute approximate surface area is 344 Å². The van der Waals surface area contributed by atoms with E-state index < -0.39 is 115 Å². The highest BCUT2D eigenvalue weighted by Crippen LogP contribution is 2.33. The van der Waals surface area contributed by atoms with Crippen molar-refractivity contribution >= 4 is 29.5 Å². The smallest absolute Gasteiger partial charge is 0.249 e. The minimum Gasteiger partial charge on any atom is -0.396 e. The fraction of sp³-hybridized carbons (Fsp3) is 0.919. The summed E-state index contributed by atoms with van der Waals surface area (Å²) in [6.45, 7) is 5.47. The van der Waals surface area contributed by atoms with Crippen molar-refractivity contribution in [2.45, 2.75) is 164 Å². The molecule has 0 aromatic heterocycles. The Kier molecular flexibility index (Phi) is 20.9. The van der Waals surface area contributed by atoms with Crippen LogP contribution >= 0.6 is 11.8 Å². The van der Waals surface area contributed by atoms with Crippen molar-refractivity contribution < 1.29 is 69.4 Å². The van der Waals surface area contributed by atoms with Gasteiger partial charge in [-0.2, -0.15) is 11.8 Å². The molecule has 3 fully saturated rings. The van der Waals surface area contributed by atoms with E-state index in [0.717, 1.165) is 18.6 Å². The van der Waals surface area contributed by atoms with Crippen LogP contribution in [-0.2, 0) is 28.6 Å². The molecule has 1 saturated heterocycles. The van der Waals surface area contributed by atoms with Crippen LogP contribution in [0.15, 0.2) is 0 Å². The molecule has 3 aliphatic rings. The Morgan fingerprint density at radius 2 is 1.43 bits per heavy atom. The summed E-state index contributed by atoms with van der Waals surface area (Å²) < 4.78 is 17.7. The van der Waals surface area contributed by atoms with Crippen molar-refractivity contribution in [2.75, 3.05) is 37.7 Å². The molecular formula is C37H70N6O14S. The van der Waals surface area contributed by atoms with E-state index in [2.05, 4.69) is 16.0 Å². The minimum atomic E-state index is -1.76. The third-order valence-electron chi connectivity index (χ3n) is 11.6.